The fourth-order valence-electron chi connectivity index (χ4n) is 1.57. The molecule has 1 atom stereocenters. The van der Waals surface area contributed by atoms with Crippen LogP contribution in [0.2, 0.25) is 0 Å². The number of carbonyl (C=O) groups excluding carboxylic acids is 1. The van der Waals surface area contributed by atoms with Crippen LogP contribution in [0.1, 0.15) is 32.6 Å². The number of unbranched alkanes of at least 4 members (excludes halogenated alkanes) is 1. The Balaban J connectivity index is 2.43. The van der Waals surface area contributed by atoms with Gasteiger partial charge in [0.1, 0.15) is 5.75 Å². The van der Waals surface area contributed by atoms with Gasteiger partial charge in [0.15, 0.2) is 0 Å². The van der Waals surface area contributed by atoms with Crippen LogP contribution < -0.4 is 10.1 Å². The summed E-state index contributed by atoms with van der Waals surface area (Å²) in [5.41, 5.74) is 0.665. The monoisotopic (exact) mass is 276 g/mol. The van der Waals surface area contributed by atoms with Crippen LogP contribution in [0.4, 0.5) is 5.69 Å². The van der Waals surface area contributed by atoms with Gasteiger partial charge < -0.3 is 15.2 Å². The fourth-order valence-corrected chi connectivity index (χ4v) is 1.57. The number of carbonyl (C=O) groups is 1. The molecule has 0 spiro atoms. The Bertz CT molecular complexity index is 466. The molecule has 1 amide bonds. The Kier molecular flexibility index (Phi) is 7.15. The van der Waals surface area contributed by atoms with Crippen molar-refractivity contribution >= 4 is 11.6 Å². The Morgan fingerprint density at radius 2 is 2.35 bits per heavy atom. The molecule has 0 radical (unpaired) electrons. The van der Waals surface area contributed by atoms with Gasteiger partial charge in [-0.15, -0.1) is 0 Å². The molecule has 1 aromatic carbocycles. The number of rotatable bonds is 8. The summed E-state index contributed by atoms with van der Waals surface area (Å²) in [6.07, 6.45) is 1.40. The van der Waals surface area contributed by atoms with Gasteiger partial charge in [-0.25, -0.2) is 0 Å². The predicted octanol–water partition coefficient (Wildman–Crippen LogP) is 2.47. The van der Waals surface area contributed by atoms with Crippen LogP contribution in [0.25, 0.3) is 0 Å². The van der Waals surface area contributed by atoms with Gasteiger partial charge >= 0.3 is 0 Å². The maximum atomic E-state index is 11.6. The van der Waals surface area contributed by atoms with Gasteiger partial charge in [-0.05, 0) is 31.9 Å². The molecule has 108 valence electrons. The molecule has 5 heteroatoms. The average molecular weight is 276 g/mol. The van der Waals surface area contributed by atoms with Crippen LogP contribution in [-0.2, 0) is 4.79 Å². The molecule has 0 aromatic heterocycles. The van der Waals surface area contributed by atoms with Crippen LogP contribution in [0.3, 0.4) is 0 Å². The van der Waals surface area contributed by atoms with Crippen molar-refractivity contribution in [2.24, 2.45) is 0 Å². The van der Waals surface area contributed by atoms with Crippen LogP contribution in [0.5, 0.6) is 5.75 Å². The minimum absolute atomic E-state index is 0.132. The standard InChI is InChI=1S/C15H20N2O3/c1-12(18)7-8-15(19)17-13-5-4-6-14(11-13)20-10-3-2-9-16/h4-6,11-12,18H,2-3,7-8,10H2,1H3,(H,17,19). The number of hydrogen-bond donors (Lipinski definition) is 2. The molecule has 0 saturated heterocycles. The van der Waals surface area contributed by atoms with Crippen LogP contribution in [0, 0.1) is 11.3 Å². The molecular formula is C15H20N2O3. The summed E-state index contributed by atoms with van der Waals surface area (Å²) in [6.45, 7) is 2.13. The Morgan fingerprint density at radius 1 is 1.55 bits per heavy atom. The topological polar surface area (TPSA) is 82.3 Å². The van der Waals surface area contributed by atoms with Gasteiger partial charge in [0.2, 0.25) is 5.91 Å². The molecule has 0 aliphatic rings. The van der Waals surface area contributed by atoms with Crippen LogP contribution in [0.15, 0.2) is 24.3 Å². The SMILES string of the molecule is CC(O)CCC(=O)Nc1cccc(OCCCC#N)c1. The summed E-state index contributed by atoms with van der Waals surface area (Å²) < 4.78 is 5.49. The summed E-state index contributed by atoms with van der Waals surface area (Å²) in [5, 5.41) is 20.3. The zero-order chi connectivity index (χ0) is 14.8. The third kappa shape index (κ3) is 6.76. The van der Waals surface area contributed by atoms with Gasteiger partial charge in [-0.1, -0.05) is 6.07 Å². The largest absolute Gasteiger partial charge is 0.493 e. The van der Waals surface area contributed by atoms with E-state index in [9.17, 15) is 4.79 Å². The van der Waals surface area contributed by atoms with Gasteiger partial charge in [0.25, 0.3) is 0 Å². The second-order valence-corrected chi connectivity index (χ2v) is 4.57. The number of aliphatic hydroxyl groups excluding tert-OH is 1. The highest BCUT2D eigenvalue weighted by Gasteiger charge is 2.05. The number of benzene rings is 1. The number of amides is 1. The smallest absolute Gasteiger partial charge is 0.224 e. The summed E-state index contributed by atoms with van der Waals surface area (Å²) in [4.78, 5) is 11.6. The molecule has 0 saturated carbocycles. The number of nitriles is 1. The van der Waals surface area contributed by atoms with E-state index >= 15 is 0 Å². The first kappa shape index (κ1) is 16.0. The van der Waals surface area contributed by atoms with Gasteiger partial charge in [0.05, 0.1) is 18.8 Å². The summed E-state index contributed by atoms with van der Waals surface area (Å²) in [5.74, 6) is 0.531. The first-order valence-electron chi connectivity index (χ1n) is 6.69. The summed E-state index contributed by atoms with van der Waals surface area (Å²) >= 11 is 0. The highest BCUT2D eigenvalue weighted by Crippen LogP contribution is 2.18. The Labute approximate surface area is 119 Å². The first-order valence-corrected chi connectivity index (χ1v) is 6.69. The molecule has 0 heterocycles. The molecule has 1 rings (SSSR count). The van der Waals surface area contributed by atoms with Crippen molar-refractivity contribution in [2.45, 2.75) is 38.7 Å². The third-order valence-corrected chi connectivity index (χ3v) is 2.61. The molecule has 2 N–H and O–H groups in total. The molecule has 1 unspecified atom stereocenters. The van der Waals surface area contributed by atoms with Crippen LogP contribution in [-0.4, -0.2) is 23.7 Å². The first-order chi connectivity index (χ1) is 9.61. The lowest BCUT2D eigenvalue weighted by Crippen LogP contribution is -2.14. The number of nitrogens with one attached hydrogen (secondary N) is 1. The summed E-state index contributed by atoms with van der Waals surface area (Å²) in [6, 6.07) is 9.18. The second-order valence-electron chi connectivity index (χ2n) is 4.57. The molecule has 1 aromatic rings. The van der Waals surface area contributed by atoms with E-state index in [4.69, 9.17) is 15.1 Å². The quantitative estimate of drug-likeness (QED) is 0.714. The number of ether oxygens (including phenoxy) is 1. The maximum Gasteiger partial charge on any atom is 0.224 e. The molecule has 0 aliphatic heterocycles. The minimum atomic E-state index is -0.476. The van der Waals surface area contributed by atoms with Crippen molar-refractivity contribution in [3.05, 3.63) is 24.3 Å². The average Bonchev–Trinajstić information content (AvgIpc) is 2.42. The number of anilines is 1. The van der Waals surface area contributed by atoms with Crippen LogP contribution >= 0.6 is 0 Å². The van der Waals surface area contributed by atoms with E-state index in [2.05, 4.69) is 11.4 Å². The molecule has 0 aliphatic carbocycles. The fraction of sp³-hybridized carbons (Fsp3) is 0.467. The number of aliphatic hydroxyl groups is 1. The molecule has 5 nitrogen and oxygen atoms in total. The Morgan fingerprint density at radius 3 is 3.05 bits per heavy atom. The van der Waals surface area contributed by atoms with E-state index in [-0.39, 0.29) is 12.3 Å². The van der Waals surface area contributed by atoms with Crippen molar-refractivity contribution in [3.8, 4) is 11.8 Å². The normalized spacial score (nSPS) is 11.4. The second kappa shape index (κ2) is 8.94. The van der Waals surface area contributed by atoms with E-state index in [1.165, 1.54) is 0 Å². The van der Waals surface area contributed by atoms with E-state index in [1.54, 1.807) is 31.2 Å². The van der Waals surface area contributed by atoms with E-state index < -0.39 is 6.10 Å². The van der Waals surface area contributed by atoms with Gasteiger partial charge in [-0.3, -0.25) is 4.79 Å². The van der Waals surface area contributed by atoms with Crippen molar-refractivity contribution < 1.29 is 14.6 Å². The van der Waals surface area contributed by atoms with Crippen molar-refractivity contribution in [1.82, 2.24) is 0 Å². The zero-order valence-electron chi connectivity index (χ0n) is 11.6. The number of hydrogen-bond acceptors (Lipinski definition) is 4. The third-order valence-electron chi connectivity index (χ3n) is 2.61. The summed E-state index contributed by atoms with van der Waals surface area (Å²) in [7, 11) is 0. The maximum absolute atomic E-state index is 11.6. The Hall–Kier alpha value is -2.06. The van der Waals surface area contributed by atoms with Gasteiger partial charge in [0, 0.05) is 24.6 Å². The zero-order valence-corrected chi connectivity index (χ0v) is 11.6. The van der Waals surface area contributed by atoms with Crippen molar-refractivity contribution in [2.75, 3.05) is 11.9 Å². The van der Waals surface area contributed by atoms with Gasteiger partial charge in [-0.2, -0.15) is 5.26 Å². The number of nitrogens with zero attached hydrogens (tertiary/aromatic N) is 1. The molecule has 20 heavy (non-hydrogen) atoms. The highest BCUT2D eigenvalue weighted by atomic mass is 16.5. The minimum Gasteiger partial charge on any atom is -0.493 e. The predicted molar refractivity (Wildman–Crippen MR) is 76.3 cm³/mol. The highest BCUT2D eigenvalue weighted by molar-refractivity contribution is 5.90. The van der Waals surface area contributed by atoms with E-state index in [1.807, 2.05) is 0 Å². The lowest BCUT2D eigenvalue weighted by Gasteiger charge is -2.09. The van der Waals surface area contributed by atoms with E-state index in [0.29, 0.717) is 37.3 Å². The lowest BCUT2D eigenvalue weighted by molar-refractivity contribution is -0.116. The van der Waals surface area contributed by atoms with E-state index in [0.717, 1.165) is 0 Å². The molecule has 0 fully saturated rings. The van der Waals surface area contributed by atoms with Crippen molar-refractivity contribution in [3.63, 3.8) is 0 Å². The molecule has 0 bridgehead atoms. The van der Waals surface area contributed by atoms with Crippen molar-refractivity contribution in [1.29, 1.82) is 5.26 Å². The lowest BCUT2D eigenvalue weighted by atomic mass is 10.2. The molecular weight excluding hydrogens is 256 g/mol.